The molecule has 1 amide bonds. The second-order valence-corrected chi connectivity index (χ2v) is 10.6. The molecular weight excluding hydrogens is 448 g/mol. The molecule has 0 aliphatic heterocycles. The van der Waals surface area contributed by atoms with Crippen molar-refractivity contribution in [3.63, 3.8) is 0 Å². The topological polar surface area (TPSA) is 75.7 Å². The van der Waals surface area contributed by atoms with E-state index >= 15 is 0 Å². The van der Waals surface area contributed by atoms with Gasteiger partial charge in [0.15, 0.2) is 0 Å². The molecule has 0 unspecified atom stereocenters. The van der Waals surface area contributed by atoms with Gasteiger partial charge in [-0.25, -0.2) is 8.42 Å². The van der Waals surface area contributed by atoms with E-state index in [4.69, 9.17) is 16.3 Å². The van der Waals surface area contributed by atoms with E-state index in [9.17, 15) is 13.2 Å². The number of benzene rings is 2. The third-order valence-corrected chi connectivity index (χ3v) is 7.43. The number of anilines is 1. The van der Waals surface area contributed by atoms with Gasteiger partial charge in [0.25, 0.3) is 0 Å². The molecule has 2 aromatic rings. The van der Waals surface area contributed by atoms with Crippen molar-refractivity contribution in [3.8, 4) is 5.75 Å². The van der Waals surface area contributed by atoms with E-state index in [2.05, 4.69) is 23.5 Å². The van der Waals surface area contributed by atoms with Gasteiger partial charge in [-0.15, -0.1) is 0 Å². The zero-order valence-corrected chi connectivity index (χ0v) is 20.6. The fourth-order valence-corrected chi connectivity index (χ4v) is 5.64. The number of nitrogens with zero attached hydrogens (tertiary/aromatic N) is 1. The normalized spacial score (nSPS) is 15.4. The lowest BCUT2D eigenvalue weighted by Crippen LogP contribution is -2.48. The molecule has 2 aromatic carbocycles. The van der Waals surface area contributed by atoms with Crippen LogP contribution >= 0.6 is 11.6 Å². The van der Waals surface area contributed by atoms with Gasteiger partial charge in [0, 0.05) is 5.02 Å². The minimum absolute atomic E-state index is 0.208. The zero-order valence-electron chi connectivity index (χ0n) is 19.0. The first-order chi connectivity index (χ1) is 15.2. The first-order valence-electron chi connectivity index (χ1n) is 10.9. The Balaban J connectivity index is 1.88. The van der Waals surface area contributed by atoms with Gasteiger partial charge in [0.1, 0.15) is 11.8 Å². The minimum Gasteiger partial charge on any atom is -0.495 e. The van der Waals surface area contributed by atoms with Crippen LogP contribution in [0.2, 0.25) is 5.02 Å². The van der Waals surface area contributed by atoms with Crippen LogP contribution in [0.3, 0.4) is 0 Å². The number of hydrogen-bond donors (Lipinski definition) is 1. The summed E-state index contributed by atoms with van der Waals surface area (Å²) in [6, 6.07) is 9.89. The Hall–Kier alpha value is -2.25. The van der Waals surface area contributed by atoms with Gasteiger partial charge in [-0.2, -0.15) is 0 Å². The second-order valence-electron chi connectivity index (χ2n) is 8.26. The van der Waals surface area contributed by atoms with E-state index in [0.717, 1.165) is 29.0 Å². The average Bonchev–Trinajstić information content (AvgIpc) is 2.76. The minimum atomic E-state index is -3.80. The van der Waals surface area contributed by atoms with Crippen LogP contribution in [0, 0.1) is 0 Å². The van der Waals surface area contributed by atoms with Crippen molar-refractivity contribution in [1.29, 1.82) is 0 Å². The van der Waals surface area contributed by atoms with Crippen molar-refractivity contribution < 1.29 is 17.9 Å². The molecule has 0 fully saturated rings. The summed E-state index contributed by atoms with van der Waals surface area (Å²) in [5, 5.41) is 3.39. The molecule has 32 heavy (non-hydrogen) atoms. The van der Waals surface area contributed by atoms with E-state index in [1.807, 2.05) is 6.92 Å². The van der Waals surface area contributed by atoms with Crippen LogP contribution < -0.4 is 14.4 Å². The molecule has 3 rings (SSSR count). The van der Waals surface area contributed by atoms with Crippen LogP contribution in [0.4, 0.5) is 5.69 Å². The molecule has 2 atom stereocenters. The number of ether oxygens (including phenoxy) is 1. The number of hydrogen-bond acceptors (Lipinski definition) is 4. The summed E-state index contributed by atoms with van der Waals surface area (Å²) in [6.45, 7) is 3.57. The van der Waals surface area contributed by atoms with Gasteiger partial charge >= 0.3 is 0 Å². The molecule has 0 radical (unpaired) electrons. The molecule has 1 aliphatic rings. The molecular formula is C24H31ClN2O4S. The second kappa shape index (κ2) is 10.1. The molecule has 0 spiro atoms. The predicted molar refractivity (Wildman–Crippen MR) is 129 cm³/mol. The van der Waals surface area contributed by atoms with Crippen LogP contribution in [0.15, 0.2) is 36.4 Å². The summed E-state index contributed by atoms with van der Waals surface area (Å²) in [4.78, 5) is 13.2. The lowest BCUT2D eigenvalue weighted by molar-refractivity contribution is -0.122. The number of nitrogens with one attached hydrogen (secondary N) is 1. The van der Waals surface area contributed by atoms with Crippen LogP contribution in [0.1, 0.15) is 55.8 Å². The standard InChI is InChI=1S/C24H31ClN2O4S/c1-5-21(19-11-10-17-8-6-7-9-18(17)14-19)26-24(28)16(2)27(32(4,29)30)22-15-20(25)12-13-23(22)31-3/h10-16,21H,5-9H2,1-4H3,(H,26,28)/t16-,21-/m0/s1. The Morgan fingerprint density at radius 3 is 2.47 bits per heavy atom. The van der Waals surface area contributed by atoms with Crippen molar-refractivity contribution in [3.05, 3.63) is 58.1 Å². The summed E-state index contributed by atoms with van der Waals surface area (Å²) in [5.41, 5.74) is 3.99. The number of methoxy groups -OCH3 is 1. The maximum atomic E-state index is 13.2. The summed E-state index contributed by atoms with van der Waals surface area (Å²) in [5.74, 6) is -0.0665. The third kappa shape index (κ3) is 5.38. The number of sulfonamides is 1. The highest BCUT2D eigenvalue weighted by molar-refractivity contribution is 7.92. The lowest BCUT2D eigenvalue weighted by atomic mass is 9.88. The molecule has 0 saturated carbocycles. The molecule has 1 aliphatic carbocycles. The smallest absolute Gasteiger partial charge is 0.244 e. The summed E-state index contributed by atoms with van der Waals surface area (Å²) >= 11 is 6.12. The fourth-order valence-electron chi connectivity index (χ4n) is 4.30. The monoisotopic (exact) mass is 478 g/mol. The molecule has 6 nitrogen and oxygen atoms in total. The van der Waals surface area contributed by atoms with Gasteiger partial charge in [-0.1, -0.05) is 36.7 Å². The molecule has 1 N–H and O–H groups in total. The highest BCUT2D eigenvalue weighted by Gasteiger charge is 2.32. The van der Waals surface area contributed by atoms with Crippen molar-refractivity contribution in [1.82, 2.24) is 5.32 Å². The number of rotatable bonds is 8. The van der Waals surface area contributed by atoms with Crippen LogP contribution in [-0.4, -0.2) is 33.7 Å². The zero-order chi connectivity index (χ0) is 23.5. The maximum Gasteiger partial charge on any atom is 0.244 e. The highest BCUT2D eigenvalue weighted by atomic mass is 35.5. The van der Waals surface area contributed by atoms with Crippen molar-refractivity contribution in [2.45, 2.75) is 58.0 Å². The van der Waals surface area contributed by atoms with E-state index in [-0.39, 0.29) is 17.6 Å². The summed E-state index contributed by atoms with van der Waals surface area (Å²) in [6.07, 6.45) is 6.31. The van der Waals surface area contributed by atoms with Gasteiger partial charge in [-0.05, 0) is 73.9 Å². The number of fused-ring (bicyclic) bond motifs is 1. The number of carbonyl (C=O) groups is 1. The Labute approximate surface area is 196 Å². The lowest BCUT2D eigenvalue weighted by Gasteiger charge is -2.31. The van der Waals surface area contributed by atoms with Crippen molar-refractivity contribution in [2.75, 3.05) is 17.7 Å². The Morgan fingerprint density at radius 2 is 1.84 bits per heavy atom. The third-order valence-electron chi connectivity index (χ3n) is 5.97. The quantitative estimate of drug-likeness (QED) is 0.599. The van der Waals surface area contributed by atoms with Crippen LogP contribution in [0.5, 0.6) is 5.75 Å². The summed E-state index contributed by atoms with van der Waals surface area (Å²) < 4.78 is 31.8. The Morgan fingerprint density at radius 1 is 1.16 bits per heavy atom. The molecule has 0 heterocycles. The van der Waals surface area contributed by atoms with Gasteiger partial charge in [0.2, 0.25) is 15.9 Å². The first kappa shape index (κ1) is 24.4. The fraction of sp³-hybridized carbons (Fsp3) is 0.458. The SMILES string of the molecule is CC[C@H](NC(=O)[C@H](C)N(c1cc(Cl)ccc1OC)S(C)(=O)=O)c1ccc2c(c1)CCCC2. The average molecular weight is 479 g/mol. The Bertz CT molecular complexity index is 1090. The van der Waals surface area contributed by atoms with Gasteiger partial charge < -0.3 is 10.1 Å². The van der Waals surface area contributed by atoms with E-state index in [1.54, 1.807) is 19.1 Å². The molecule has 0 saturated heterocycles. The van der Waals surface area contributed by atoms with E-state index < -0.39 is 16.1 Å². The molecule has 174 valence electrons. The summed E-state index contributed by atoms with van der Waals surface area (Å²) in [7, 11) is -2.35. The van der Waals surface area contributed by atoms with Gasteiger partial charge in [0.05, 0.1) is 25.1 Å². The van der Waals surface area contributed by atoms with Crippen molar-refractivity contribution >= 4 is 33.2 Å². The molecule has 0 bridgehead atoms. The first-order valence-corrected chi connectivity index (χ1v) is 13.1. The van der Waals surface area contributed by atoms with E-state index in [0.29, 0.717) is 17.2 Å². The molecule has 8 heteroatoms. The predicted octanol–water partition coefficient (Wildman–Crippen LogP) is 4.65. The number of carbonyl (C=O) groups excluding carboxylic acids is 1. The number of aryl methyl sites for hydroxylation is 2. The molecule has 0 aromatic heterocycles. The van der Waals surface area contributed by atoms with E-state index in [1.165, 1.54) is 37.1 Å². The number of amides is 1. The van der Waals surface area contributed by atoms with Crippen molar-refractivity contribution in [2.24, 2.45) is 0 Å². The van der Waals surface area contributed by atoms with Gasteiger partial charge in [-0.3, -0.25) is 9.10 Å². The Kier molecular flexibility index (Phi) is 7.72. The maximum absolute atomic E-state index is 13.2. The highest BCUT2D eigenvalue weighted by Crippen LogP contribution is 2.34. The number of halogens is 1. The van der Waals surface area contributed by atoms with Crippen LogP contribution in [0.25, 0.3) is 0 Å². The largest absolute Gasteiger partial charge is 0.495 e. The van der Waals surface area contributed by atoms with Crippen LogP contribution in [-0.2, 0) is 27.7 Å².